The summed E-state index contributed by atoms with van der Waals surface area (Å²) in [5.74, 6) is 1.35. The van der Waals surface area contributed by atoms with Crippen molar-refractivity contribution >= 4 is 28.1 Å². The molecule has 1 aromatic carbocycles. The predicted octanol–water partition coefficient (Wildman–Crippen LogP) is 3.50. The molecule has 2 rings (SSSR count). The van der Waals surface area contributed by atoms with Gasteiger partial charge in [-0.1, -0.05) is 19.3 Å². The second-order valence-electron chi connectivity index (χ2n) is 5.31. The molecule has 0 unspecified atom stereocenters. The minimum atomic E-state index is 0.00972. The molecule has 1 amide bonds. The minimum Gasteiger partial charge on any atom is -0.493 e. The van der Waals surface area contributed by atoms with Gasteiger partial charge in [0.1, 0.15) is 0 Å². The number of carbonyl (C=O) groups is 1. The molecule has 6 heteroatoms. The van der Waals surface area contributed by atoms with Gasteiger partial charge in [-0.3, -0.25) is 4.79 Å². The highest BCUT2D eigenvalue weighted by Gasteiger charge is 2.20. The Morgan fingerprint density at radius 3 is 2.64 bits per heavy atom. The largest absolute Gasteiger partial charge is 0.493 e. The van der Waals surface area contributed by atoms with Crippen molar-refractivity contribution in [3.63, 3.8) is 0 Å². The molecule has 1 aliphatic carbocycles. The second-order valence-corrected chi connectivity index (χ2v) is 6.16. The van der Waals surface area contributed by atoms with Crippen LogP contribution in [0.25, 0.3) is 0 Å². The van der Waals surface area contributed by atoms with E-state index in [0.29, 0.717) is 11.5 Å². The molecule has 1 aromatic rings. The van der Waals surface area contributed by atoms with Crippen LogP contribution in [0.4, 0.5) is 0 Å². The lowest BCUT2D eigenvalue weighted by atomic mass is 9.89. The number of rotatable bonds is 5. The summed E-state index contributed by atoms with van der Waals surface area (Å²) < 4.78 is 11.3. The number of hydrogen-bond acceptors (Lipinski definition) is 4. The molecular formula is C16H21BrN2O3. The van der Waals surface area contributed by atoms with Gasteiger partial charge in [-0.05, 0) is 46.5 Å². The van der Waals surface area contributed by atoms with Gasteiger partial charge in [0.05, 0.1) is 24.9 Å². The Hall–Kier alpha value is -1.56. The number of benzene rings is 1. The van der Waals surface area contributed by atoms with Gasteiger partial charge < -0.3 is 9.47 Å². The minimum absolute atomic E-state index is 0.00972. The summed E-state index contributed by atoms with van der Waals surface area (Å²) in [5.41, 5.74) is 3.44. The summed E-state index contributed by atoms with van der Waals surface area (Å²) in [4.78, 5) is 12.0. The van der Waals surface area contributed by atoms with Gasteiger partial charge in [0.15, 0.2) is 11.5 Å². The van der Waals surface area contributed by atoms with Crippen molar-refractivity contribution in [3.05, 3.63) is 22.2 Å². The fraction of sp³-hybridized carbons (Fsp3) is 0.500. The third-order valence-corrected chi connectivity index (χ3v) is 4.41. The summed E-state index contributed by atoms with van der Waals surface area (Å²) in [7, 11) is 3.16. The Labute approximate surface area is 139 Å². The van der Waals surface area contributed by atoms with Crippen LogP contribution in [0.5, 0.6) is 11.5 Å². The first-order chi connectivity index (χ1) is 10.7. The number of ether oxygens (including phenoxy) is 2. The van der Waals surface area contributed by atoms with Crippen LogP contribution in [-0.2, 0) is 4.79 Å². The first-order valence-corrected chi connectivity index (χ1v) is 8.19. The van der Waals surface area contributed by atoms with E-state index in [1.54, 1.807) is 26.5 Å². The maximum Gasteiger partial charge on any atom is 0.243 e. The summed E-state index contributed by atoms with van der Waals surface area (Å²) in [6, 6.07) is 3.66. The molecular weight excluding hydrogens is 348 g/mol. The van der Waals surface area contributed by atoms with Crippen LogP contribution in [0.3, 0.4) is 0 Å². The lowest BCUT2D eigenvalue weighted by Gasteiger charge is -2.19. The zero-order valence-electron chi connectivity index (χ0n) is 12.9. The Bertz CT molecular complexity index is 555. The van der Waals surface area contributed by atoms with Gasteiger partial charge in [-0.15, -0.1) is 0 Å². The fourth-order valence-electron chi connectivity index (χ4n) is 2.64. The molecule has 1 fully saturated rings. The standard InChI is InChI=1S/C16H21BrN2O3/c1-21-14-9-11(8-13(17)15(14)22-2)10-18-19-16(20)12-6-4-3-5-7-12/h8-10,12H,3-7H2,1-2H3,(H,19,20)/b18-10+. The third kappa shape index (κ3) is 4.22. The van der Waals surface area contributed by atoms with Gasteiger partial charge in [-0.2, -0.15) is 5.10 Å². The maximum atomic E-state index is 12.0. The summed E-state index contributed by atoms with van der Waals surface area (Å²) in [6.45, 7) is 0. The van der Waals surface area contributed by atoms with Gasteiger partial charge in [-0.25, -0.2) is 5.43 Å². The predicted molar refractivity (Wildman–Crippen MR) is 89.6 cm³/mol. The number of amides is 1. The van der Waals surface area contributed by atoms with E-state index in [4.69, 9.17) is 9.47 Å². The molecule has 0 atom stereocenters. The van der Waals surface area contributed by atoms with Crippen molar-refractivity contribution in [3.8, 4) is 11.5 Å². The maximum absolute atomic E-state index is 12.0. The van der Waals surface area contributed by atoms with Gasteiger partial charge in [0, 0.05) is 5.92 Å². The second kappa shape index (κ2) is 8.17. The van der Waals surface area contributed by atoms with E-state index < -0.39 is 0 Å². The lowest BCUT2D eigenvalue weighted by molar-refractivity contribution is -0.125. The molecule has 0 spiro atoms. The van der Waals surface area contributed by atoms with E-state index in [2.05, 4.69) is 26.5 Å². The molecule has 1 N–H and O–H groups in total. The number of methoxy groups -OCH3 is 2. The van der Waals surface area contributed by atoms with Crippen molar-refractivity contribution in [2.75, 3.05) is 14.2 Å². The van der Waals surface area contributed by atoms with Crippen LogP contribution in [-0.4, -0.2) is 26.3 Å². The van der Waals surface area contributed by atoms with Crippen LogP contribution in [0, 0.1) is 5.92 Å². The van der Waals surface area contributed by atoms with E-state index >= 15 is 0 Å². The Morgan fingerprint density at radius 2 is 2.00 bits per heavy atom. The molecule has 1 saturated carbocycles. The highest BCUT2D eigenvalue weighted by molar-refractivity contribution is 9.10. The van der Waals surface area contributed by atoms with Crippen molar-refractivity contribution in [1.82, 2.24) is 5.43 Å². The highest BCUT2D eigenvalue weighted by atomic mass is 79.9. The van der Waals surface area contributed by atoms with Crippen LogP contribution >= 0.6 is 15.9 Å². The summed E-state index contributed by atoms with van der Waals surface area (Å²) >= 11 is 3.43. The monoisotopic (exact) mass is 368 g/mol. The van der Waals surface area contributed by atoms with Gasteiger partial charge in [0.25, 0.3) is 0 Å². The van der Waals surface area contributed by atoms with Crippen molar-refractivity contribution in [2.45, 2.75) is 32.1 Å². The molecule has 5 nitrogen and oxygen atoms in total. The molecule has 0 aromatic heterocycles. The highest BCUT2D eigenvalue weighted by Crippen LogP contribution is 2.35. The third-order valence-electron chi connectivity index (χ3n) is 3.82. The summed E-state index contributed by atoms with van der Waals surface area (Å²) in [5, 5.41) is 4.05. The lowest BCUT2D eigenvalue weighted by Crippen LogP contribution is -2.28. The van der Waals surface area contributed by atoms with Crippen LogP contribution < -0.4 is 14.9 Å². The van der Waals surface area contributed by atoms with E-state index in [1.807, 2.05) is 6.07 Å². The molecule has 0 radical (unpaired) electrons. The number of nitrogens with zero attached hydrogens (tertiary/aromatic N) is 1. The van der Waals surface area contributed by atoms with Crippen molar-refractivity contribution < 1.29 is 14.3 Å². The van der Waals surface area contributed by atoms with Gasteiger partial charge >= 0.3 is 0 Å². The van der Waals surface area contributed by atoms with E-state index in [1.165, 1.54) is 6.42 Å². The molecule has 0 bridgehead atoms. The normalized spacial score (nSPS) is 15.8. The average molecular weight is 369 g/mol. The quantitative estimate of drug-likeness (QED) is 0.639. The number of hydrazone groups is 1. The van der Waals surface area contributed by atoms with Crippen LogP contribution in [0.1, 0.15) is 37.7 Å². The molecule has 0 saturated heterocycles. The molecule has 120 valence electrons. The van der Waals surface area contributed by atoms with Crippen molar-refractivity contribution in [2.24, 2.45) is 11.0 Å². The smallest absolute Gasteiger partial charge is 0.243 e. The van der Waals surface area contributed by atoms with E-state index in [9.17, 15) is 4.79 Å². The van der Waals surface area contributed by atoms with E-state index in [-0.39, 0.29) is 11.8 Å². The summed E-state index contributed by atoms with van der Waals surface area (Å²) in [6.07, 6.45) is 7.02. The SMILES string of the molecule is COc1cc(/C=N/NC(=O)C2CCCCC2)cc(Br)c1OC. The Balaban J connectivity index is 2.00. The molecule has 0 aliphatic heterocycles. The molecule has 1 aliphatic rings. The van der Waals surface area contributed by atoms with E-state index in [0.717, 1.165) is 35.7 Å². The average Bonchev–Trinajstić information content (AvgIpc) is 2.55. The number of carbonyl (C=O) groups excluding carboxylic acids is 1. The van der Waals surface area contributed by atoms with Crippen molar-refractivity contribution in [1.29, 1.82) is 0 Å². The topological polar surface area (TPSA) is 59.9 Å². The van der Waals surface area contributed by atoms with Gasteiger partial charge in [0.2, 0.25) is 5.91 Å². The first-order valence-electron chi connectivity index (χ1n) is 7.40. The van der Waals surface area contributed by atoms with Crippen LogP contribution in [0.15, 0.2) is 21.7 Å². The number of nitrogens with one attached hydrogen (secondary N) is 1. The first kappa shape index (κ1) is 16.8. The fourth-order valence-corrected chi connectivity index (χ4v) is 3.26. The number of hydrogen-bond donors (Lipinski definition) is 1. The Morgan fingerprint density at radius 1 is 1.27 bits per heavy atom. The number of halogens is 1. The zero-order chi connectivity index (χ0) is 15.9. The van der Waals surface area contributed by atoms with Crippen LogP contribution in [0.2, 0.25) is 0 Å². The zero-order valence-corrected chi connectivity index (χ0v) is 14.5. The Kier molecular flexibility index (Phi) is 6.24. The molecule has 22 heavy (non-hydrogen) atoms. The molecule has 0 heterocycles.